The molecule has 0 aliphatic carbocycles. The average Bonchev–Trinajstić information content (AvgIpc) is 2.07. The Morgan fingerprint density at radius 1 is 1.41 bits per heavy atom. The van der Waals surface area contributed by atoms with Gasteiger partial charge in [-0.25, -0.2) is 4.79 Å². The number of hydrogen-bond acceptors (Lipinski definition) is 3. The van der Waals surface area contributed by atoms with Gasteiger partial charge in [-0.1, -0.05) is 25.6 Å². The summed E-state index contributed by atoms with van der Waals surface area (Å²) in [4.78, 5) is 11.5. The number of aliphatic hydroxyl groups is 1. The van der Waals surface area contributed by atoms with E-state index in [1.54, 1.807) is 20.8 Å². The van der Waals surface area contributed by atoms with Gasteiger partial charge in [0.25, 0.3) is 0 Å². The lowest BCUT2D eigenvalue weighted by atomic mass is 10.2. The van der Waals surface area contributed by atoms with Gasteiger partial charge < -0.3 is 15.2 Å². The highest BCUT2D eigenvalue weighted by atomic mass is 28.3. The number of aliphatic hydroxyl groups excluding tert-OH is 1. The number of alkyl carbamates (subject to hydrolysis) is 1. The number of hydrogen-bond donors (Lipinski definition) is 2. The lowest BCUT2D eigenvalue weighted by molar-refractivity contribution is 0.0501. The summed E-state index contributed by atoms with van der Waals surface area (Å²) in [5, 5.41) is 11.6. The molecule has 17 heavy (non-hydrogen) atoms. The molecule has 0 spiro atoms. The van der Waals surface area contributed by atoms with E-state index in [-0.39, 0.29) is 6.61 Å². The maximum Gasteiger partial charge on any atom is 0.408 e. The molecule has 5 heteroatoms. The van der Waals surface area contributed by atoms with Crippen molar-refractivity contribution in [2.75, 3.05) is 6.61 Å². The molecule has 1 amide bonds. The molecule has 0 fully saturated rings. The van der Waals surface area contributed by atoms with Crippen LogP contribution in [0, 0.1) is 11.5 Å². The van der Waals surface area contributed by atoms with Crippen molar-refractivity contribution < 1.29 is 14.6 Å². The predicted molar refractivity (Wildman–Crippen MR) is 71.4 cm³/mol. The zero-order valence-electron chi connectivity index (χ0n) is 11.5. The van der Waals surface area contributed by atoms with Gasteiger partial charge in [-0.2, -0.15) is 0 Å². The first-order chi connectivity index (χ1) is 7.53. The van der Waals surface area contributed by atoms with E-state index in [9.17, 15) is 4.79 Å². The minimum absolute atomic E-state index is 0.212. The quantitative estimate of drug-likeness (QED) is 0.585. The first-order valence-corrected chi connectivity index (χ1v) is 9.16. The maximum absolute atomic E-state index is 11.5. The second kappa shape index (κ2) is 6.08. The summed E-state index contributed by atoms with van der Waals surface area (Å²) in [6, 6.07) is -0.559. The second-order valence-corrected chi connectivity index (χ2v) is 10.7. The molecule has 0 aromatic rings. The first-order valence-electron chi connectivity index (χ1n) is 5.66. The molecule has 1 atom stereocenters. The van der Waals surface area contributed by atoms with Crippen LogP contribution in [0.5, 0.6) is 0 Å². The van der Waals surface area contributed by atoms with Crippen LogP contribution in [0.2, 0.25) is 19.6 Å². The molecule has 0 saturated heterocycles. The third-order valence-corrected chi connectivity index (χ3v) is 2.39. The Bertz CT molecular complexity index is 317. The van der Waals surface area contributed by atoms with Gasteiger partial charge in [-0.05, 0) is 20.8 Å². The predicted octanol–water partition coefficient (Wildman–Crippen LogP) is 1.75. The van der Waals surface area contributed by atoms with Gasteiger partial charge in [-0.3, -0.25) is 0 Å². The Morgan fingerprint density at radius 2 is 1.94 bits per heavy atom. The summed E-state index contributed by atoms with van der Waals surface area (Å²) >= 11 is 0. The smallest absolute Gasteiger partial charge is 0.408 e. The Labute approximate surface area is 105 Å². The van der Waals surface area contributed by atoms with E-state index in [1.165, 1.54) is 0 Å². The van der Waals surface area contributed by atoms with Gasteiger partial charge in [0.15, 0.2) is 0 Å². The van der Waals surface area contributed by atoms with Crippen LogP contribution in [0.4, 0.5) is 4.79 Å². The number of ether oxygens (including phenoxy) is 1. The molecule has 0 heterocycles. The molecule has 0 unspecified atom stereocenters. The van der Waals surface area contributed by atoms with E-state index < -0.39 is 25.8 Å². The summed E-state index contributed by atoms with van der Waals surface area (Å²) in [7, 11) is -1.50. The normalized spacial score (nSPS) is 13.4. The Hall–Kier alpha value is -0.993. The van der Waals surface area contributed by atoms with Gasteiger partial charge in [0.05, 0.1) is 6.61 Å². The monoisotopic (exact) mass is 257 g/mol. The Kier molecular flexibility index (Phi) is 5.72. The molecule has 0 aliphatic rings. The number of rotatable bonds is 2. The van der Waals surface area contributed by atoms with E-state index in [2.05, 4.69) is 36.4 Å². The van der Waals surface area contributed by atoms with E-state index >= 15 is 0 Å². The molecular weight excluding hydrogens is 234 g/mol. The molecule has 2 N–H and O–H groups in total. The van der Waals surface area contributed by atoms with Gasteiger partial charge in [-0.15, -0.1) is 5.54 Å². The Balaban J connectivity index is 4.41. The summed E-state index contributed by atoms with van der Waals surface area (Å²) in [6.45, 7) is 11.4. The van der Waals surface area contributed by atoms with E-state index in [0.29, 0.717) is 0 Å². The zero-order valence-corrected chi connectivity index (χ0v) is 12.5. The summed E-state index contributed by atoms with van der Waals surface area (Å²) in [5.74, 6) is 2.88. The average molecular weight is 257 g/mol. The second-order valence-electron chi connectivity index (χ2n) is 5.90. The molecule has 0 aromatic carbocycles. The molecule has 0 saturated carbocycles. The molecule has 0 bridgehead atoms. The highest BCUT2D eigenvalue weighted by Gasteiger charge is 2.18. The van der Waals surface area contributed by atoms with Crippen molar-refractivity contribution in [3.05, 3.63) is 0 Å². The third-order valence-electron chi connectivity index (χ3n) is 1.49. The van der Waals surface area contributed by atoms with Crippen LogP contribution < -0.4 is 5.32 Å². The van der Waals surface area contributed by atoms with Crippen molar-refractivity contribution in [3.63, 3.8) is 0 Å². The summed E-state index contributed by atoms with van der Waals surface area (Å²) in [5.41, 5.74) is 2.55. The van der Waals surface area contributed by atoms with Gasteiger partial charge in [0.1, 0.15) is 19.7 Å². The van der Waals surface area contributed by atoms with Crippen LogP contribution in [-0.2, 0) is 4.74 Å². The SMILES string of the molecule is CC(C)(C)OC(=O)N[C@H](C#C[Si](C)(C)C)CO. The molecule has 0 rings (SSSR count). The Morgan fingerprint density at radius 3 is 2.29 bits per heavy atom. The molecular formula is C12H23NO3Si. The van der Waals surface area contributed by atoms with Crippen molar-refractivity contribution >= 4 is 14.2 Å². The van der Waals surface area contributed by atoms with Crippen molar-refractivity contribution in [2.24, 2.45) is 0 Å². The van der Waals surface area contributed by atoms with Crippen LogP contribution in [0.1, 0.15) is 20.8 Å². The van der Waals surface area contributed by atoms with Crippen molar-refractivity contribution in [2.45, 2.75) is 52.1 Å². The number of amides is 1. The van der Waals surface area contributed by atoms with Crippen LogP contribution in [-0.4, -0.2) is 37.5 Å². The number of nitrogens with one attached hydrogen (secondary N) is 1. The van der Waals surface area contributed by atoms with Gasteiger partial charge in [0.2, 0.25) is 0 Å². The van der Waals surface area contributed by atoms with Crippen LogP contribution in [0.3, 0.4) is 0 Å². The molecule has 98 valence electrons. The van der Waals surface area contributed by atoms with Gasteiger partial charge in [0, 0.05) is 0 Å². The molecule has 0 aliphatic heterocycles. The maximum atomic E-state index is 11.5. The van der Waals surface area contributed by atoms with Gasteiger partial charge >= 0.3 is 6.09 Å². The lowest BCUT2D eigenvalue weighted by Crippen LogP contribution is -2.40. The standard InChI is InChI=1S/C12H23NO3Si/c1-12(2,3)16-11(15)13-10(9-14)7-8-17(4,5)6/h10,14H,9H2,1-6H3,(H,13,15)/t10-/m1/s1. The van der Waals surface area contributed by atoms with Crippen molar-refractivity contribution in [1.82, 2.24) is 5.32 Å². The van der Waals surface area contributed by atoms with E-state index in [4.69, 9.17) is 9.84 Å². The van der Waals surface area contributed by atoms with Crippen LogP contribution in [0.25, 0.3) is 0 Å². The number of carbonyl (C=O) groups excluding carboxylic acids is 1. The van der Waals surface area contributed by atoms with Crippen molar-refractivity contribution in [1.29, 1.82) is 0 Å². The largest absolute Gasteiger partial charge is 0.444 e. The number of carbonyl (C=O) groups is 1. The highest BCUT2D eigenvalue weighted by Crippen LogP contribution is 2.06. The van der Waals surface area contributed by atoms with Crippen molar-refractivity contribution in [3.8, 4) is 11.5 Å². The minimum atomic E-state index is -1.50. The molecule has 4 nitrogen and oxygen atoms in total. The zero-order chi connectivity index (χ0) is 13.7. The topological polar surface area (TPSA) is 58.6 Å². The lowest BCUT2D eigenvalue weighted by Gasteiger charge is -2.21. The fourth-order valence-corrected chi connectivity index (χ4v) is 1.49. The van der Waals surface area contributed by atoms with E-state index in [1.807, 2.05) is 0 Å². The summed E-state index contributed by atoms with van der Waals surface area (Å²) < 4.78 is 5.08. The summed E-state index contributed by atoms with van der Waals surface area (Å²) in [6.07, 6.45) is -0.554. The third kappa shape index (κ3) is 9.91. The fraction of sp³-hybridized carbons (Fsp3) is 0.750. The van der Waals surface area contributed by atoms with Crippen LogP contribution >= 0.6 is 0 Å². The van der Waals surface area contributed by atoms with Crippen LogP contribution in [0.15, 0.2) is 0 Å². The molecule has 0 aromatic heterocycles. The van der Waals surface area contributed by atoms with E-state index in [0.717, 1.165) is 0 Å². The first kappa shape index (κ1) is 16.0. The fourth-order valence-electron chi connectivity index (χ4n) is 0.881. The highest BCUT2D eigenvalue weighted by molar-refractivity contribution is 6.83. The molecule has 0 radical (unpaired) electrons. The minimum Gasteiger partial charge on any atom is -0.444 e.